The Morgan fingerprint density at radius 3 is 2.67 bits per heavy atom. The lowest BCUT2D eigenvalue weighted by Crippen LogP contribution is -2.31. The molecule has 3 heterocycles. The number of hydrogen-bond acceptors (Lipinski definition) is 7. The van der Waals surface area contributed by atoms with Gasteiger partial charge >= 0.3 is 0 Å². The van der Waals surface area contributed by atoms with Gasteiger partial charge in [0.05, 0.1) is 5.69 Å². The van der Waals surface area contributed by atoms with Crippen molar-refractivity contribution in [1.82, 2.24) is 19.7 Å². The van der Waals surface area contributed by atoms with E-state index in [1.54, 1.807) is 18.0 Å². The van der Waals surface area contributed by atoms with Crippen LogP contribution in [0.25, 0.3) is 0 Å². The molecule has 3 aromatic rings. The Balaban J connectivity index is 1.49. The molecule has 8 heteroatoms. The fourth-order valence-corrected chi connectivity index (χ4v) is 5.33. The van der Waals surface area contributed by atoms with E-state index in [2.05, 4.69) is 53.3 Å². The van der Waals surface area contributed by atoms with Crippen LogP contribution in [0.3, 0.4) is 0 Å². The zero-order valence-electron chi connectivity index (χ0n) is 19.0. The van der Waals surface area contributed by atoms with Crippen LogP contribution in [0.4, 0.5) is 11.6 Å². The Hall–Kier alpha value is -3.13. The number of pyridine rings is 1. The van der Waals surface area contributed by atoms with Gasteiger partial charge in [0.1, 0.15) is 6.04 Å². The normalized spacial score (nSPS) is 17.4. The first-order valence-electron chi connectivity index (χ1n) is 11.5. The summed E-state index contributed by atoms with van der Waals surface area (Å²) in [5, 5.41) is 8.91. The Morgan fingerprint density at radius 2 is 1.94 bits per heavy atom. The van der Waals surface area contributed by atoms with Crippen molar-refractivity contribution in [2.45, 2.75) is 50.1 Å². The second-order valence-electron chi connectivity index (χ2n) is 8.23. The predicted molar refractivity (Wildman–Crippen MR) is 131 cm³/mol. The van der Waals surface area contributed by atoms with E-state index in [9.17, 15) is 4.79 Å². The van der Waals surface area contributed by atoms with Crippen LogP contribution in [0.2, 0.25) is 0 Å². The fourth-order valence-electron chi connectivity index (χ4n) is 4.58. The highest BCUT2D eigenvalue weighted by Crippen LogP contribution is 2.41. The minimum atomic E-state index is -0.258. The van der Waals surface area contributed by atoms with Crippen LogP contribution >= 0.6 is 11.8 Å². The van der Waals surface area contributed by atoms with Gasteiger partial charge in [-0.05, 0) is 56.5 Å². The topological polar surface area (TPSA) is 75.9 Å². The second kappa shape index (κ2) is 9.39. The summed E-state index contributed by atoms with van der Waals surface area (Å²) < 4.78 is 1.88. The van der Waals surface area contributed by atoms with E-state index in [0.717, 1.165) is 48.5 Å². The van der Waals surface area contributed by atoms with Crippen molar-refractivity contribution in [1.29, 1.82) is 0 Å². The molecule has 0 amide bonds. The Bertz CT molecular complexity index is 1170. The second-order valence-corrected chi connectivity index (χ2v) is 9.18. The maximum atomic E-state index is 13.0. The number of rotatable bonds is 7. The van der Waals surface area contributed by atoms with Crippen molar-refractivity contribution >= 4 is 29.2 Å². The van der Waals surface area contributed by atoms with Gasteiger partial charge in [-0.1, -0.05) is 30.0 Å². The van der Waals surface area contributed by atoms with Gasteiger partial charge in [-0.15, -0.1) is 5.10 Å². The molecule has 0 bridgehead atoms. The third-order valence-corrected chi connectivity index (χ3v) is 7.13. The number of thioether (sulfide) groups is 1. The Labute approximate surface area is 198 Å². The maximum Gasteiger partial charge on any atom is 0.227 e. The van der Waals surface area contributed by atoms with Crippen LogP contribution in [-0.2, 0) is 10.5 Å². The number of benzene rings is 1. The summed E-state index contributed by atoms with van der Waals surface area (Å²) in [6.45, 7) is 6.24. The minimum Gasteiger partial charge on any atom is -0.372 e. The monoisotopic (exact) mass is 460 g/mol. The van der Waals surface area contributed by atoms with Gasteiger partial charge in [0, 0.05) is 48.4 Å². The summed E-state index contributed by atoms with van der Waals surface area (Å²) in [6.07, 6.45) is 4.11. The van der Waals surface area contributed by atoms with Gasteiger partial charge in [-0.25, -0.2) is 4.68 Å². The van der Waals surface area contributed by atoms with Crippen LogP contribution in [0.1, 0.15) is 50.4 Å². The number of hydrogen-bond donors (Lipinski definition) is 1. The molecule has 1 N–H and O–H groups in total. The van der Waals surface area contributed by atoms with E-state index >= 15 is 0 Å². The molecule has 33 heavy (non-hydrogen) atoms. The van der Waals surface area contributed by atoms with Crippen LogP contribution in [0.15, 0.2) is 65.1 Å². The number of carbonyl (C=O) groups is 1. The molecular formula is C25H28N6OS. The van der Waals surface area contributed by atoms with Gasteiger partial charge < -0.3 is 10.2 Å². The van der Waals surface area contributed by atoms with Crippen molar-refractivity contribution < 1.29 is 4.79 Å². The smallest absolute Gasteiger partial charge is 0.227 e. The lowest BCUT2D eigenvalue weighted by molar-refractivity contribution is -0.116. The predicted octanol–water partition coefficient (Wildman–Crippen LogP) is 4.83. The molecule has 1 atom stereocenters. The highest BCUT2D eigenvalue weighted by Gasteiger charge is 2.36. The number of ketones is 1. The van der Waals surface area contributed by atoms with Crippen LogP contribution < -0.4 is 10.2 Å². The van der Waals surface area contributed by atoms with Crippen molar-refractivity contribution in [2.24, 2.45) is 0 Å². The summed E-state index contributed by atoms with van der Waals surface area (Å²) in [7, 11) is 0. The highest BCUT2D eigenvalue weighted by molar-refractivity contribution is 7.98. The molecule has 1 aliphatic heterocycles. The standard InChI is InChI=1S/C25H28N6OS/c1-3-30(4-2)19-13-11-17(12-14-19)23-22-20(9-7-10-21(22)32)27-24-28-25(29-31(23)24)33-16-18-8-5-6-15-26-18/h5-6,8,11-15,23H,3-4,7,9-10,16H2,1-2H3,(H,27,28,29)/t23-/m1/s1. The number of nitrogens with zero attached hydrogens (tertiary/aromatic N) is 5. The van der Waals surface area contributed by atoms with E-state index in [-0.39, 0.29) is 11.8 Å². The number of Topliss-reactive ketones (excluding diaryl/α,β-unsaturated/α-hetero) is 1. The number of nitrogens with one attached hydrogen (secondary N) is 1. The summed E-state index contributed by atoms with van der Waals surface area (Å²) in [5.74, 6) is 1.59. The SMILES string of the molecule is CCN(CC)c1ccc([C@@H]2C3=C(CCCC3=O)Nc3nc(SCc4ccccn4)nn32)cc1. The number of aromatic nitrogens is 4. The van der Waals surface area contributed by atoms with E-state index < -0.39 is 0 Å². The molecular weight excluding hydrogens is 432 g/mol. The molecule has 0 saturated heterocycles. The molecule has 0 unspecified atom stereocenters. The van der Waals surface area contributed by atoms with Crippen molar-refractivity contribution in [3.63, 3.8) is 0 Å². The quantitative estimate of drug-likeness (QED) is 0.506. The first-order chi connectivity index (χ1) is 16.2. The first-order valence-corrected chi connectivity index (χ1v) is 12.5. The zero-order chi connectivity index (χ0) is 22.8. The molecule has 7 nitrogen and oxygen atoms in total. The Morgan fingerprint density at radius 1 is 1.12 bits per heavy atom. The average molecular weight is 461 g/mol. The van der Waals surface area contributed by atoms with Crippen molar-refractivity contribution in [2.75, 3.05) is 23.3 Å². The molecule has 0 radical (unpaired) electrons. The zero-order valence-corrected chi connectivity index (χ0v) is 19.8. The van der Waals surface area contributed by atoms with Crippen LogP contribution in [0, 0.1) is 0 Å². The Kier molecular flexibility index (Phi) is 6.17. The van der Waals surface area contributed by atoms with E-state index in [0.29, 0.717) is 23.3 Å². The van der Waals surface area contributed by atoms with Crippen molar-refractivity contribution in [3.05, 3.63) is 71.2 Å². The fraction of sp³-hybridized carbons (Fsp3) is 0.360. The number of carbonyl (C=O) groups excluding carboxylic acids is 1. The summed E-state index contributed by atoms with van der Waals surface area (Å²) in [6, 6.07) is 14.2. The molecule has 2 aromatic heterocycles. The third kappa shape index (κ3) is 4.27. The van der Waals surface area contributed by atoms with Gasteiger partial charge in [-0.2, -0.15) is 4.98 Å². The van der Waals surface area contributed by atoms with Gasteiger partial charge in [0.2, 0.25) is 11.1 Å². The number of allylic oxidation sites excluding steroid dienone is 2. The first kappa shape index (κ1) is 21.7. The lowest BCUT2D eigenvalue weighted by Gasteiger charge is -2.32. The highest BCUT2D eigenvalue weighted by atomic mass is 32.2. The van der Waals surface area contributed by atoms with E-state index in [4.69, 9.17) is 10.1 Å². The van der Waals surface area contributed by atoms with E-state index in [1.165, 1.54) is 5.69 Å². The summed E-state index contributed by atoms with van der Waals surface area (Å²) >= 11 is 1.55. The van der Waals surface area contributed by atoms with Gasteiger partial charge in [0.15, 0.2) is 5.78 Å². The summed E-state index contributed by atoms with van der Waals surface area (Å²) in [4.78, 5) is 24.5. The third-order valence-electron chi connectivity index (χ3n) is 6.26. The van der Waals surface area contributed by atoms with Gasteiger partial charge in [-0.3, -0.25) is 9.78 Å². The van der Waals surface area contributed by atoms with Crippen LogP contribution in [0.5, 0.6) is 0 Å². The van der Waals surface area contributed by atoms with E-state index in [1.807, 2.05) is 22.9 Å². The molecule has 0 fully saturated rings. The molecule has 5 rings (SSSR count). The number of anilines is 2. The molecule has 2 aliphatic rings. The molecule has 170 valence electrons. The minimum absolute atomic E-state index is 0.199. The van der Waals surface area contributed by atoms with Gasteiger partial charge in [0.25, 0.3) is 0 Å². The average Bonchev–Trinajstić information content (AvgIpc) is 3.26. The maximum absolute atomic E-state index is 13.0. The summed E-state index contributed by atoms with van der Waals surface area (Å²) in [5.41, 5.74) is 5.05. The molecule has 0 saturated carbocycles. The largest absolute Gasteiger partial charge is 0.372 e. The molecule has 1 aromatic carbocycles. The number of fused-ring (bicyclic) bond motifs is 1. The van der Waals surface area contributed by atoms with Crippen LogP contribution in [-0.4, -0.2) is 38.6 Å². The lowest BCUT2D eigenvalue weighted by atomic mass is 9.85. The molecule has 0 spiro atoms. The molecule has 1 aliphatic carbocycles. The van der Waals surface area contributed by atoms with Crippen molar-refractivity contribution in [3.8, 4) is 0 Å².